The van der Waals surface area contributed by atoms with Crippen LogP contribution >= 0.6 is 0 Å². The summed E-state index contributed by atoms with van der Waals surface area (Å²) in [4.78, 5) is 0. The maximum Gasteiger partial charge on any atom is 0.231 e. The van der Waals surface area contributed by atoms with Crippen molar-refractivity contribution in [3.8, 4) is 23.3 Å². The van der Waals surface area contributed by atoms with Crippen molar-refractivity contribution in [3.63, 3.8) is 0 Å². The van der Waals surface area contributed by atoms with Gasteiger partial charge in [-0.1, -0.05) is 18.2 Å². The minimum Gasteiger partial charge on any atom is -0.489 e. The van der Waals surface area contributed by atoms with Gasteiger partial charge in [-0.3, -0.25) is 0 Å². The first-order chi connectivity index (χ1) is 9.36. The first-order valence-electron chi connectivity index (χ1n) is 5.87. The van der Waals surface area contributed by atoms with E-state index in [1.54, 1.807) is 12.1 Å². The second-order valence-corrected chi connectivity index (χ2v) is 4.07. The lowest BCUT2D eigenvalue weighted by molar-refractivity contribution is 0.173. The zero-order valence-corrected chi connectivity index (χ0v) is 10.1. The summed E-state index contributed by atoms with van der Waals surface area (Å²) in [6.07, 6.45) is 0. The second kappa shape index (κ2) is 4.91. The Morgan fingerprint density at radius 1 is 1.11 bits per heavy atom. The molecule has 0 aromatic heterocycles. The van der Waals surface area contributed by atoms with E-state index in [9.17, 15) is 0 Å². The molecule has 1 aliphatic rings. The lowest BCUT2D eigenvalue weighted by Gasteiger charge is -2.08. The normalized spacial score (nSPS) is 11.9. The standard InChI is InChI=1S/C15H11NO3/c16-8-11-3-1-2-4-12(11)9-17-13-5-6-14-15(7-13)19-10-18-14/h1-7H,9-10H2. The molecule has 0 fully saturated rings. The first-order valence-corrected chi connectivity index (χ1v) is 5.87. The molecule has 3 rings (SSSR count). The van der Waals surface area contributed by atoms with Crippen molar-refractivity contribution in [3.05, 3.63) is 53.6 Å². The predicted molar refractivity (Wildman–Crippen MR) is 68.1 cm³/mol. The molecule has 0 saturated heterocycles. The van der Waals surface area contributed by atoms with Crippen LogP contribution < -0.4 is 14.2 Å². The molecule has 4 nitrogen and oxygen atoms in total. The molecule has 0 radical (unpaired) electrons. The number of benzene rings is 2. The lowest BCUT2D eigenvalue weighted by atomic mass is 10.1. The number of rotatable bonds is 3. The van der Waals surface area contributed by atoms with Crippen LogP contribution in [-0.2, 0) is 6.61 Å². The summed E-state index contributed by atoms with van der Waals surface area (Å²) in [5.74, 6) is 2.10. The molecule has 0 unspecified atom stereocenters. The topological polar surface area (TPSA) is 51.5 Å². The SMILES string of the molecule is N#Cc1ccccc1COc1ccc2c(c1)OCO2. The van der Waals surface area contributed by atoms with Crippen molar-refractivity contribution in [1.82, 2.24) is 0 Å². The molecule has 4 heteroatoms. The molecule has 1 aliphatic heterocycles. The van der Waals surface area contributed by atoms with Gasteiger partial charge < -0.3 is 14.2 Å². The Balaban J connectivity index is 1.74. The Hall–Kier alpha value is -2.67. The Morgan fingerprint density at radius 2 is 1.95 bits per heavy atom. The van der Waals surface area contributed by atoms with E-state index in [-0.39, 0.29) is 6.79 Å². The van der Waals surface area contributed by atoms with Crippen LogP contribution in [0, 0.1) is 11.3 Å². The molecule has 0 amide bonds. The van der Waals surface area contributed by atoms with E-state index in [0.717, 1.165) is 11.3 Å². The van der Waals surface area contributed by atoms with Gasteiger partial charge in [0.05, 0.1) is 11.6 Å². The van der Waals surface area contributed by atoms with Gasteiger partial charge >= 0.3 is 0 Å². The van der Waals surface area contributed by atoms with Crippen molar-refractivity contribution >= 4 is 0 Å². The summed E-state index contributed by atoms with van der Waals surface area (Å²) >= 11 is 0. The van der Waals surface area contributed by atoms with Crippen molar-refractivity contribution in [2.75, 3.05) is 6.79 Å². The fourth-order valence-electron chi connectivity index (χ4n) is 1.88. The first kappa shape index (κ1) is 11.4. The highest BCUT2D eigenvalue weighted by Gasteiger charge is 2.13. The predicted octanol–water partition coefficient (Wildman–Crippen LogP) is 2.87. The Bertz CT molecular complexity index is 646. The maximum atomic E-state index is 9.00. The highest BCUT2D eigenvalue weighted by atomic mass is 16.7. The molecule has 0 bridgehead atoms. The number of nitriles is 1. The van der Waals surface area contributed by atoms with Gasteiger partial charge in [0.1, 0.15) is 12.4 Å². The van der Waals surface area contributed by atoms with Crippen molar-refractivity contribution in [2.45, 2.75) is 6.61 Å². The zero-order valence-electron chi connectivity index (χ0n) is 10.1. The van der Waals surface area contributed by atoms with Gasteiger partial charge in [0.2, 0.25) is 6.79 Å². The van der Waals surface area contributed by atoms with Crippen molar-refractivity contribution in [1.29, 1.82) is 5.26 Å². The Kier molecular flexibility index (Phi) is 2.95. The monoisotopic (exact) mass is 253 g/mol. The minimum absolute atomic E-state index is 0.246. The smallest absolute Gasteiger partial charge is 0.231 e. The summed E-state index contributed by atoms with van der Waals surface area (Å²) in [7, 11) is 0. The summed E-state index contributed by atoms with van der Waals surface area (Å²) < 4.78 is 16.2. The van der Waals surface area contributed by atoms with E-state index < -0.39 is 0 Å². The molecular weight excluding hydrogens is 242 g/mol. The minimum atomic E-state index is 0.246. The van der Waals surface area contributed by atoms with Gasteiger partial charge in [-0.05, 0) is 18.2 Å². The number of fused-ring (bicyclic) bond motifs is 1. The molecule has 94 valence electrons. The summed E-state index contributed by atoms with van der Waals surface area (Å²) in [6.45, 7) is 0.597. The second-order valence-electron chi connectivity index (χ2n) is 4.07. The van der Waals surface area contributed by atoms with Gasteiger partial charge in [0.25, 0.3) is 0 Å². The van der Waals surface area contributed by atoms with Crippen molar-refractivity contribution < 1.29 is 14.2 Å². The van der Waals surface area contributed by atoms with E-state index in [1.165, 1.54) is 0 Å². The fraction of sp³-hybridized carbons (Fsp3) is 0.133. The summed E-state index contributed by atoms with van der Waals surface area (Å²) in [5.41, 5.74) is 1.49. The number of nitrogens with zero attached hydrogens (tertiary/aromatic N) is 1. The number of hydrogen-bond donors (Lipinski definition) is 0. The van der Waals surface area contributed by atoms with E-state index in [2.05, 4.69) is 6.07 Å². The third-order valence-corrected chi connectivity index (χ3v) is 2.88. The van der Waals surface area contributed by atoms with Gasteiger partial charge in [-0.25, -0.2) is 0 Å². The molecule has 0 saturated carbocycles. The van der Waals surface area contributed by atoms with Gasteiger partial charge in [-0.15, -0.1) is 0 Å². The Labute approximate surface area is 110 Å². The average molecular weight is 253 g/mol. The van der Waals surface area contributed by atoms with E-state index >= 15 is 0 Å². The molecule has 0 spiro atoms. The van der Waals surface area contributed by atoms with Gasteiger partial charge in [0.15, 0.2) is 11.5 Å². The summed E-state index contributed by atoms with van der Waals surface area (Å²) in [5, 5.41) is 9.00. The largest absolute Gasteiger partial charge is 0.489 e. The number of hydrogen-bond acceptors (Lipinski definition) is 4. The molecule has 0 atom stereocenters. The lowest BCUT2D eigenvalue weighted by Crippen LogP contribution is -1.98. The number of ether oxygens (including phenoxy) is 3. The van der Waals surface area contributed by atoms with Crippen LogP contribution in [0.4, 0.5) is 0 Å². The Morgan fingerprint density at radius 3 is 2.84 bits per heavy atom. The average Bonchev–Trinajstić information content (AvgIpc) is 2.93. The third kappa shape index (κ3) is 2.31. The van der Waals surface area contributed by atoms with Crippen LogP contribution in [0.25, 0.3) is 0 Å². The quantitative estimate of drug-likeness (QED) is 0.844. The molecule has 2 aromatic rings. The molecule has 0 N–H and O–H groups in total. The van der Waals surface area contributed by atoms with Crippen LogP contribution in [-0.4, -0.2) is 6.79 Å². The van der Waals surface area contributed by atoms with E-state index in [4.69, 9.17) is 19.5 Å². The highest BCUT2D eigenvalue weighted by Crippen LogP contribution is 2.35. The highest BCUT2D eigenvalue weighted by molar-refractivity contribution is 5.47. The van der Waals surface area contributed by atoms with Gasteiger partial charge in [0, 0.05) is 11.6 Å². The molecule has 19 heavy (non-hydrogen) atoms. The van der Waals surface area contributed by atoms with Crippen LogP contribution in [0.5, 0.6) is 17.2 Å². The maximum absolute atomic E-state index is 9.00. The van der Waals surface area contributed by atoms with Crippen LogP contribution in [0.2, 0.25) is 0 Å². The molecule has 0 aliphatic carbocycles. The van der Waals surface area contributed by atoms with Gasteiger partial charge in [-0.2, -0.15) is 5.26 Å². The van der Waals surface area contributed by atoms with Crippen LogP contribution in [0.3, 0.4) is 0 Å². The van der Waals surface area contributed by atoms with Crippen LogP contribution in [0.15, 0.2) is 42.5 Å². The zero-order chi connectivity index (χ0) is 13.1. The molecule has 1 heterocycles. The summed E-state index contributed by atoms with van der Waals surface area (Å²) in [6, 6.07) is 15.0. The third-order valence-electron chi connectivity index (χ3n) is 2.88. The van der Waals surface area contributed by atoms with Crippen LogP contribution in [0.1, 0.15) is 11.1 Å². The molecule has 2 aromatic carbocycles. The molecular formula is C15H11NO3. The fourth-order valence-corrected chi connectivity index (χ4v) is 1.88. The van der Waals surface area contributed by atoms with E-state index in [0.29, 0.717) is 23.7 Å². The van der Waals surface area contributed by atoms with Crippen molar-refractivity contribution in [2.24, 2.45) is 0 Å². The van der Waals surface area contributed by atoms with E-state index in [1.807, 2.05) is 30.3 Å².